The number of nitrogens with one attached hydrogen (secondary N) is 1. The SMILES string of the molecule is CCC(=O)c1ccc(SCCC(N)C(=O)Nc2ccccc2)cc1. The molecule has 0 heterocycles. The predicted molar refractivity (Wildman–Crippen MR) is 99.5 cm³/mol. The van der Waals surface area contributed by atoms with Crippen molar-refractivity contribution in [1.29, 1.82) is 0 Å². The first-order valence-electron chi connectivity index (χ1n) is 7.97. The molecule has 0 spiro atoms. The molecule has 0 aliphatic heterocycles. The third-order valence-corrected chi connectivity index (χ3v) is 4.62. The number of rotatable bonds is 8. The van der Waals surface area contributed by atoms with Crippen molar-refractivity contribution in [2.45, 2.75) is 30.7 Å². The van der Waals surface area contributed by atoms with Crippen LogP contribution in [0.2, 0.25) is 0 Å². The second-order valence-corrected chi connectivity index (χ2v) is 6.57. The summed E-state index contributed by atoms with van der Waals surface area (Å²) < 4.78 is 0. The number of thioether (sulfide) groups is 1. The molecule has 126 valence electrons. The molecular formula is C19H22N2O2S. The van der Waals surface area contributed by atoms with E-state index < -0.39 is 6.04 Å². The molecular weight excluding hydrogens is 320 g/mol. The van der Waals surface area contributed by atoms with E-state index in [0.717, 1.165) is 21.9 Å². The van der Waals surface area contributed by atoms with Crippen LogP contribution in [-0.2, 0) is 4.79 Å². The van der Waals surface area contributed by atoms with E-state index in [2.05, 4.69) is 5.32 Å². The number of para-hydroxylation sites is 1. The second-order valence-electron chi connectivity index (χ2n) is 5.40. The molecule has 24 heavy (non-hydrogen) atoms. The van der Waals surface area contributed by atoms with Gasteiger partial charge < -0.3 is 11.1 Å². The van der Waals surface area contributed by atoms with E-state index in [9.17, 15) is 9.59 Å². The van der Waals surface area contributed by atoms with E-state index in [4.69, 9.17) is 5.73 Å². The fourth-order valence-corrected chi connectivity index (χ4v) is 3.07. The lowest BCUT2D eigenvalue weighted by molar-refractivity contribution is -0.117. The van der Waals surface area contributed by atoms with Gasteiger partial charge in [0.15, 0.2) is 5.78 Å². The minimum absolute atomic E-state index is 0.145. The van der Waals surface area contributed by atoms with Gasteiger partial charge in [-0.1, -0.05) is 37.3 Å². The Morgan fingerprint density at radius 2 is 1.75 bits per heavy atom. The Kier molecular flexibility index (Phi) is 7.03. The highest BCUT2D eigenvalue weighted by atomic mass is 32.2. The molecule has 0 aliphatic carbocycles. The summed E-state index contributed by atoms with van der Waals surface area (Å²) in [5.74, 6) is 0.710. The summed E-state index contributed by atoms with van der Waals surface area (Å²) in [7, 11) is 0. The van der Waals surface area contributed by atoms with Gasteiger partial charge in [0, 0.05) is 22.6 Å². The van der Waals surface area contributed by atoms with Crippen LogP contribution in [0.3, 0.4) is 0 Å². The van der Waals surface area contributed by atoms with Crippen molar-refractivity contribution in [1.82, 2.24) is 0 Å². The Morgan fingerprint density at radius 3 is 2.38 bits per heavy atom. The molecule has 4 nitrogen and oxygen atoms in total. The van der Waals surface area contributed by atoms with Gasteiger partial charge in [0.1, 0.15) is 0 Å². The lowest BCUT2D eigenvalue weighted by Gasteiger charge is -2.12. The summed E-state index contributed by atoms with van der Waals surface area (Å²) in [4.78, 5) is 24.7. The fraction of sp³-hybridized carbons (Fsp3) is 0.263. The van der Waals surface area contributed by atoms with Gasteiger partial charge in [0.05, 0.1) is 6.04 Å². The fourth-order valence-electron chi connectivity index (χ4n) is 2.13. The first kappa shape index (κ1) is 18.2. The molecule has 5 heteroatoms. The van der Waals surface area contributed by atoms with Gasteiger partial charge in [-0.3, -0.25) is 9.59 Å². The molecule has 1 atom stereocenters. The number of hydrogen-bond donors (Lipinski definition) is 2. The highest BCUT2D eigenvalue weighted by Gasteiger charge is 2.13. The lowest BCUT2D eigenvalue weighted by atomic mass is 10.1. The van der Waals surface area contributed by atoms with Crippen molar-refractivity contribution in [3.05, 3.63) is 60.2 Å². The first-order chi connectivity index (χ1) is 11.6. The predicted octanol–water partition coefficient (Wildman–Crippen LogP) is 3.73. The lowest BCUT2D eigenvalue weighted by Crippen LogP contribution is -2.36. The topological polar surface area (TPSA) is 72.2 Å². The van der Waals surface area contributed by atoms with E-state index in [-0.39, 0.29) is 11.7 Å². The average Bonchev–Trinajstić information content (AvgIpc) is 2.62. The van der Waals surface area contributed by atoms with Crippen LogP contribution in [0.15, 0.2) is 59.5 Å². The second kappa shape index (κ2) is 9.25. The summed E-state index contributed by atoms with van der Waals surface area (Å²) >= 11 is 1.63. The van der Waals surface area contributed by atoms with Crippen molar-refractivity contribution >= 4 is 29.1 Å². The number of carbonyl (C=O) groups excluding carboxylic acids is 2. The summed E-state index contributed by atoms with van der Waals surface area (Å²) in [6.07, 6.45) is 1.09. The Bertz CT molecular complexity index is 672. The third kappa shape index (κ3) is 5.51. The van der Waals surface area contributed by atoms with E-state index in [1.165, 1.54) is 0 Å². The monoisotopic (exact) mass is 342 g/mol. The number of hydrogen-bond acceptors (Lipinski definition) is 4. The van der Waals surface area contributed by atoms with Gasteiger partial charge in [-0.15, -0.1) is 11.8 Å². The van der Waals surface area contributed by atoms with Crippen molar-refractivity contribution in [3.63, 3.8) is 0 Å². The number of anilines is 1. The molecule has 0 bridgehead atoms. The molecule has 2 aromatic carbocycles. The molecule has 0 saturated carbocycles. The molecule has 1 unspecified atom stereocenters. The van der Waals surface area contributed by atoms with Gasteiger partial charge in [0.25, 0.3) is 0 Å². The van der Waals surface area contributed by atoms with Crippen LogP contribution in [0.4, 0.5) is 5.69 Å². The summed E-state index contributed by atoms with van der Waals surface area (Å²) in [5.41, 5.74) is 7.43. The largest absolute Gasteiger partial charge is 0.325 e. The molecule has 2 rings (SSSR count). The quantitative estimate of drug-likeness (QED) is 0.566. The number of nitrogens with two attached hydrogens (primary N) is 1. The highest BCUT2D eigenvalue weighted by molar-refractivity contribution is 7.99. The van der Waals surface area contributed by atoms with Crippen LogP contribution in [0.5, 0.6) is 0 Å². The van der Waals surface area contributed by atoms with Crippen LogP contribution >= 0.6 is 11.8 Å². The van der Waals surface area contributed by atoms with Crippen LogP contribution in [0, 0.1) is 0 Å². The number of Topliss-reactive ketones (excluding diaryl/α,β-unsaturated/α-hetero) is 1. The summed E-state index contributed by atoms with van der Waals surface area (Å²) in [6.45, 7) is 1.85. The maximum Gasteiger partial charge on any atom is 0.241 e. The Balaban J connectivity index is 1.76. The average molecular weight is 342 g/mol. The van der Waals surface area contributed by atoms with Crippen molar-refractivity contribution in [2.75, 3.05) is 11.1 Å². The van der Waals surface area contributed by atoms with Crippen molar-refractivity contribution < 1.29 is 9.59 Å². The van der Waals surface area contributed by atoms with Crippen LogP contribution in [-0.4, -0.2) is 23.5 Å². The zero-order valence-corrected chi connectivity index (χ0v) is 14.5. The molecule has 0 aromatic heterocycles. The number of ketones is 1. The van der Waals surface area contributed by atoms with Crippen LogP contribution in [0.25, 0.3) is 0 Å². The van der Waals surface area contributed by atoms with Crippen molar-refractivity contribution in [3.8, 4) is 0 Å². The summed E-state index contributed by atoms with van der Waals surface area (Å²) in [6, 6.07) is 16.3. The first-order valence-corrected chi connectivity index (χ1v) is 8.96. The van der Waals surface area contributed by atoms with Crippen LogP contribution < -0.4 is 11.1 Å². The zero-order valence-electron chi connectivity index (χ0n) is 13.7. The van der Waals surface area contributed by atoms with Gasteiger partial charge >= 0.3 is 0 Å². The highest BCUT2D eigenvalue weighted by Crippen LogP contribution is 2.20. The van der Waals surface area contributed by atoms with E-state index in [1.807, 2.05) is 61.5 Å². The van der Waals surface area contributed by atoms with Crippen LogP contribution in [0.1, 0.15) is 30.1 Å². The number of amides is 1. The maximum absolute atomic E-state index is 12.0. The Morgan fingerprint density at radius 1 is 1.08 bits per heavy atom. The van der Waals surface area contributed by atoms with Crippen molar-refractivity contribution in [2.24, 2.45) is 5.73 Å². The van der Waals surface area contributed by atoms with Gasteiger partial charge in [0.2, 0.25) is 5.91 Å². The Hall–Kier alpha value is -2.11. The van der Waals surface area contributed by atoms with Gasteiger partial charge in [-0.2, -0.15) is 0 Å². The standard InChI is InChI=1S/C19H22N2O2S/c1-2-18(22)14-8-10-16(11-9-14)24-13-12-17(20)19(23)21-15-6-4-3-5-7-15/h3-11,17H,2,12-13,20H2,1H3,(H,21,23). The number of benzene rings is 2. The molecule has 0 saturated heterocycles. The molecule has 0 radical (unpaired) electrons. The minimum Gasteiger partial charge on any atom is -0.325 e. The molecule has 3 N–H and O–H groups in total. The van der Waals surface area contributed by atoms with Gasteiger partial charge in [-0.05, 0) is 36.4 Å². The van der Waals surface area contributed by atoms with E-state index >= 15 is 0 Å². The smallest absolute Gasteiger partial charge is 0.241 e. The number of carbonyl (C=O) groups is 2. The molecule has 0 fully saturated rings. The van der Waals surface area contributed by atoms with E-state index in [0.29, 0.717) is 12.8 Å². The molecule has 1 amide bonds. The molecule has 0 aliphatic rings. The Labute approximate surface area is 146 Å². The zero-order chi connectivity index (χ0) is 17.4. The maximum atomic E-state index is 12.0. The molecule has 2 aromatic rings. The summed E-state index contributed by atoms with van der Waals surface area (Å²) in [5, 5.41) is 2.81. The third-order valence-electron chi connectivity index (χ3n) is 3.57. The minimum atomic E-state index is -0.543. The van der Waals surface area contributed by atoms with Gasteiger partial charge in [-0.25, -0.2) is 0 Å². The van der Waals surface area contributed by atoms with E-state index in [1.54, 1.807) is 11.8 Å². The normalized spacial score (nSPS) is 11.8.